The van der Waals surface area contributed by atoms with Crippen LogP contribution in [0.1, 0.15) is 17.0 Å². The summed E-state index contributed by atoms with van der Waals surface area (Å²) in [4.78, 5) is 10.4. The fraction of sp³-hybridized carbons (Fsp3) is 0.0952. The first-order valence-corrected chi connectivity index (χ1v) is 8.84. The van der Waals surface area contributed by atoms with E-state index >= 15 is 0 Å². The van der Waals surface area contributed by atoms with E-state index in [2.05, 4.69) is 10.5 Å². The van der Waals surface area contributed by atoms with Gasteiger partial charge in [0.2, 0.25) is 0 Å². The number of aromatic hydroxyl groups is 2. The average molecular weight is 391 g/mol. The number of nitrogens with zero attached hydrogens (tertiary/aromatic N) is 2. The topological polar surface area (TPSA) is 117 Å². The molecule has 3 aromatic carbocycles. The van der Waals surface area contributed by atoms with Gasteiger partial charge in [0.1, 0.15) is 23.9 Å². The number of phenols is 2. The maximum absolute atomic E-state index is 10.8. The van der Waals surface area contributed by atoms with Gasteiger partial charge >= 0.3 is 0 Å². The van der Waals surface area contributed by atoms with E-state index in [4.69, 9.17) is 4.74 Å². The number of hydrogen-bond donors (Lipinski definition) is 3. The van der Waals surface area contributed by atoms with Crippen LogP contribution in [0.4, 0.5) is 11.4 Å². The van der Waals surface area contributed by atoms with Crippen LogP contribution in [-0.2, 0) is 0 Å². The number of anilines is 1. The van der Waals surface area contributed by atoms with Crippen LogP contribution < -0.4 is 10.2 Å². The summed E-state index contributed by atoms with van der Waals surface area (Å²) in [5.74, 6) is 0.565. The van der Waals surface area contributed by atoms with Crippen molar-refractivity contribution >= 4 is 17.1 Å². The molecule has 0 saturated carbocycles. The van der Waals surface area contributed by atoms with Gasteiger partial charge in [0.15, 0.2) is 0 Å². The number of hydrogen-bond acceptors (Lipinski definition) is 7. The van der Waals surface area contributed by atoms with Gasteiger partial charge in [-0.2, -0.15) is 5.10 Å². The number of benzene rings is 3. The Morgan fingerprint density at radius 3 is 2.38 bits per heavy atom. The Hall–Kier alpha value is -4.07. The molecule has 3 aromatic rings. The molecular formula is C21H17N3O5. The maximum Gasteiger partial charge on any atom is 0.269 e. The Morgan fingerprint density at radius 2 is 1.69 bits per heavy atom. The van der Waals surface area contributed by atoms with Gasteiger partial charge in [0.05, 0.1) is 22.2 Å². The number of nitro benzene ring substituents is 1. The van der Waals surface area contributed by atoms with E-state index < -0.39 is 4.92 Å². The van der Waals surface area contributed by atoms with Crippen LogP contribution in [0.25, 0.3) is 0 Å². The lowest BCUT2D eigenvalue weighted by Gasteiger charge is -2.27. The zero-order valence-corrected chi connectivity index (χ0v) is 15.1. The monoisotopic (exact) mass is 391 g/mol. The minimum atomic E-state index is -0.461. The van der Waals surface area contributed by atoms with Gasteiger partial charge in [-0.05, 0) is 42.0 Å². The molecular weight excluding hydrogens is 374 g/mol. The molecule has 1 unspecified atom stereocenters. The predicted molar refractivity (Wildman–Crippen MR) is 108 cm³/mol. The molecule has 0 saturated heterocycles. The summed E-state index contributed by atoms with van der Waals surface area (Å²) in [6, 6.07) is 17.6. The van der Waals surface area contributed by atoms with Crippen molar-refractivity contribution in [3.8, 4) is 17.2 Å². The SMILES string of the molecule is O=[N+]([O-])c1ccc(NN=C2c3ccc(O)cc3OCC2c2ccc(O)cc2)cc1. The summed E-state index contributed by atoms with van der Waals surface area (Å²) >= 11 is 0. The smallest absolute Gasteiger partial charge is 0.269 e. The molecule has 0 aromatic heterocycles. The second-order valence-electron chi connectivity index (χ2n) is 6.55. The van der Waals surface area contributed by atoms with Gasteiger partial charge in [0.25, 0.3) is 5.69 Å². The van der Waals surface area contributed by atoms with E-state index in [1.54, 1.807) is 48.5 Å². The normalized spacial score (nSPS) is 16.7. The summed E-state index contributed by atoms with van der Waals surface area (Å²) in [5.41, 5.74) is 5.86. The van der Waals surface area contributed by atoms with Crippen LogP contribution in [0.3, 0.4) is 0 Å². The van der Waals surface area contributed by atoms with Crippen molar-refractivity contribution in [2.45, 2.75) is 5.92 Å². The number of rotatable bonds is 4. The van der Waals surface area contributed by atoms with Gasteiger partial charge in [-0.25, -0.2) is 0 Å². The van der Waals surface area contributed by atoms with E-state index in [9.17, 15) is 20.3 Å². The number of nitrogens with one attached hydrogen (secondary N) is 1. The third kappa shape index (κ3) is 3.81. The summed E-state index contributed by atoms with van der Waals surface area (Å²) in [5, 5.41) is 34.7. The molecule has 0 fully saturated rings. The van der Waals surface area contributed by atoms with Gasteiger partial charge in [-0.3, -0.25) is 15.5 Å². The lowest BCUT2D eigenvalue weighted by atomic mass is 9.88. The van der Waals surface area contributed by atoms with E-state index in [1.165, 1.54) is 18.2 Å². The summed E-state index contributed by atoms with van der Waals surface area (Å²) in [7, 11) is 0. The largest absolute Gasteiger partial charge is 0.508 e. The fourth-order valence-corrected chi connectivity index (χ4v) is 3.16. The highest BCUT2D eigenvalue weighted by molar-refractivity contribution is 6.08. The first-order valence-electron chi connectivity index (χ1n) is 8.84. The zero-order chi connectivity index (χ0) is 20.4. The molecule has 0 spiro atoms. The van der Waals surface area contributed by atoms with Crippen LogP contribution in [-0.4, -0.2) is 27.5 Å². The second kappa shape index (κ2) is 7.51. The predicted octanol–water partition coefficient (Wildman–Crippen LogP) is 4.00. The van der Waals surface area contributed by atoms with Crippen LogP contribution in [0.5, 0.6) is 17.2 Å². The van der Waals surface area contributed by atoms with Crippen molar-refractivity contribution in [3.05, 3.63) is 88.0 Å². The first-order chi connectivity index (χ1) is 14.0. The second-order valence-corrected chi connectivity index (χ2v) is 6.55. The number of phenolic OH excluding ortho intramolecular Hbond substituents is 2. The van der Waals surface area contributed by atoms with E-state index in [0.717, 1.165) is 11.1 Å². The number of nitro groups is 1. The molecule has 4 rings (SSSR count). The molecule has 3 N–H and O–H groups in total. The van der Waals surface area contributed by atoms with Gasteiger partial charge < -0.3 is 14.9 Å². The van der Waals surface area contributed by atoms with Crippen molar-refractivity contribution in [1.82, 2.24) is 0 Å². The molecule has 1 atom stereocenters. The van der Waals surface area contributed by atoms with Crippen molar-refractivity contribution in [1.29, 1.82) is 0 Å². The van der Waals surface area contributed by atoms with Crippen molar-refractivity contribution in [2.24, 2.45) is 5.10 Å². The van der Waals surface area contributed by atoms with E-state index in [1.807, 2.05) is 0 Å². The quantitative estimate of drug-likeness (QED) is 0.457. The molecule has 0 bridgehead atoms. The lowest BCUT2D eigenvalue weighted by Crippen LogP contribution is -2.27. The fourth-order valence-electron chi connectivity index (χ4n) is 3.16. The van der Waals surface area contributed by atoms with Crippen LogP contribution in [0.2, 0.25) is 0 Å². The van der Waals surface area contributed by atoms with Gasteiger partial charge in [0, 0.05) is 23.8 Å². The molecule has 0 aliphatic carbocycles. The summed E-state index contributed by atoms with van der Waals surface area (Å²) in [6.07, 6.45) is 0. The molecule has 0 amide bonds. The highest BCUT2D eigenvalue weighted by Gasteiger charge is 2.29. The Labute approximate surface area is 165 Å². The van der Waals surface area contributed by atoms with Crippen LogP contribution in [0.15, 0.2) is 71.8 Å². The maximum atomic E-state index is 10.8. The number of non-ortho nitro benzene ring substituents is 1. The molecule has 0 radical (unpaired) electrons. The number of ether oxygens (including phenoxy) is 1. The molecule has 8 nitrogen and oxygen atoms in total. The summed E-state index contributed by atoms with van der Waals surface area (Å²) < 4.78 is 5.82. The minimum Gasteiger partial charge on any atom is -0.508 e. The highest BCUT2D eigenvalue weighted by Crippen LogP contribution is 2.35. The Morgan fingerprint density at radius 1 is 1.00 bits per heavy atom. The standard InChI is InChI=1S/C21H17N3O5/c25-16-7-1-13(2-8-16)19-12-29-20-11-17(26)9-10-18(20)21(19)23-22-14-3-5-15(6-4-14)24(27)28/h1-11,19,22,25-26H,12H2. The highest BCUT2D eigenvalue weighted by atomic mass is 16.6. The van der Waals surface area contributed by atoms with E-state index in [0.29, 0.717) is 23.8 Å². The molecule has 29 heavy (non-hydrogen) atoms. The molecule has 146 valence electrons. The lowest BCUT2D eigenvalue weighted by molar-refractivity contribution is -0.384. The third-order valence-electron chi connectivity index (χ3n) is 4.66. The molecule has 1 heterocycles. The zero-order valence-electron chi connectivity index (χ0n) is 15.1. The molecule has 1 aliphatic heterocycles. The van der Waals surface area contributed by atoms with Crippen molar-refractivity contribution < 1.29 is 19.9 Å². The minimum absolute atomic E-state index is 0.00272. The summed E-state index contributed by atoms with van der Waals surface area (Å²) in [6.45, 7) is 0.308. The van der Waals surface area contributed by atoms with Crippen molar-refractivity contribution in [2.75, 3.05) is 12.0 Å². The Kier molecular flexibility index (Phi) is 4.74. The molecule has 1 aliphatic rings. The average Bonchev–Trinajstić information content (AvgIpc) is 2.72. The molecule has 8 heteroatoms. The van der Waals surface area contributed by atoms with Crippen LogP contribution >= 0.6 is 0 Å². The van der Waals surface area contributed by atoms with E-state index in [-0.39, 0.29) is 23.1 Å². The van der Waals surface area contributed by atoms with Gasteiger partial charge in [-0.15, -0.1) is 0 Å². The van der Waals surface area contributed by atoms with Gasteiger partial charge in [-0.1, -0.05) is 12.1 Å². The third-order valence-corrected chi connectivity index (χ3v) is 4.66. The van der Waals surface area contributed by atoms with Crippen molar-refractivity contribution in [3.63, 3.8) is 0 Å². The number of hydrazone groups is 1. The Balaban J connectivity index is 1.71. The van der Waals surface area contributed by atoms with Crippen LogP contribution in [0, 0.1) is 10.1 Å². The Bertz CT molecular complexity index is 1080. The number of fused-ring (bicyclic) bond motifs is 1. The first kappa shape index (κ1) is 18.3.